The fourth-order valence-corrected chi connectivity index (χ4v) is 3.78. The summed E-state index contributed by atoms with van der Waals surface area (Å²) in [7, 11) is -4.76. The Morgan fingerprint density at radius 2 is 1.83 bits per heavy atom. The highest BCUT2D eigenvalue weighted by atomic mass is 32.2. The highest BCUT2D eigenvalue weighted by molar-refractivity contribution is 7.88. The summed E-state index contributed by atoms with van der Waals surface area (Å²) in [6, 6.07) is 4.60. The molecule has 4 rings (SSSR count). The number of benzene rings is 2. The Hall–Kier alpha value is -3.62. The van der Waals surface area contributed by atoms with E-state index < -0.39 is 57.4 Å². The summed E-state index contributed by atoms with van der Waals surface area (Å²) in [5.41, 5.74) is -5.79. The summed E-state index contributed by atoms with van der Waals surface area (Å²) in [6.45, 7) is -3.33. The molecule has 1 heterocycles. The maximum absolute atomic E-state index is 13.2. The molecule has 1 amide bonds. The number of rotatable bonds is 8. The monoisotopic (exact) mass is 539 g/mol. The van der Waals surface area contributed by atoms with Crippen molar-refractivity contribution in [2.24, 2.45) is 0 Å². The number of hydrogen-bond acceptors (Lipinski definition) is 7. The van der Waals surface area contributed by atoms with E-state index in [1.54, 1.807) is 0 Å². The van der Waals surface area contributed by atoms with Gasteiger partial charge < -0.3 is 23.4 Å². The normalized spacial score (nSPS) is 17.8. The lowest BCUT2D eigenvalue weighted by Crippen LogP contribution is -2.28. The molecule has 0 spiro atoms. The average Bonchev–Trinajstić information content (AvgIpc) is 3.29. The maximum atomic E-state index is 13.2. The summed E-state index contributed by atoms with van der Waals surface area (Å²) >= 11 is 0. The minimum absolute atomic E-state index is 0.0775. The number of carbonyl (C=O) groups excluding carboxylic acids is 1. The van der Waals surface area contributed by atoms with Crippen LogP contribution >= 0.6 is 0 Å². The van der Waals surface area contributed by atoms with Crippen molar-refractivity contribution in [3.8, 4) is 28.4 Å². The quantitative estimate of drug-likeness (QED) is 0.250. The van der Waals surface area contributed by atoms with Crippen LogP contribution in [0.1, 0.15) is 16.8 Å². The number of halogens is 6. The third kappa shape index (κ3) is 5.01. The number of amides is 1. The van der Waals surface area contributed by atoms with Crippen molar-refractivity contribution in [1.82, 2.24) is 5.32 Å². The minimum atomic E-state index is -5.92. The molecule has 2 atom stereocenters. The topological polar surface area (TPSA) is 104 Å². The molecule has 8 nitrogen and oxygen atoms in total. The molecule has 0 radical (unpaired) electrons. The molecule has 2 aromatic carbocycles. The highest BCUT2D eigenvalue weighted by Crippen LogP contribution is 2.40. The molecule has 1 saturated carbocycles. The number of ether oxygens (including phenoxy) is 2. The van der Waals surface area contributed by atoms with Gasteiger partial charge in [0.15, 0.2) is 0 Å². The molecule has 1 N–H and O–H groups in total. The minimum Gasteiger partial charge on any atom is -0.496 e. The van der Waals surface area contributed by atoms with Crippen molar-refractivity contribution in [1.29, 1.82) is 0 Å². The van der Waals surface area contributed by atoms with Gasteiger partial charge in [0.25, 0.3) is 5.91 Å². The molecule has 0 bridgehead atoms. The molecule has 1 aromatic heterocycles. The Kier molecular flexibility index (Phi) is 6.45. The van der Waals surface area contributed by atoms with Crippen LogP contribution in [0.15, 0.2) is 41.0 Å². The lowest BCUT2D eigenvalue weighted by atomic mass is 10.0. The second kappa shape index (κ2) is 9.11. The first-order chi connectivity index (χ1) is 16.8. The fourth-order valence-electron chi connectivity index (χ4n) is 3.33. The summed E-state index contributed by atoms with van der Waals surface area (Å²) in [6.07, 6.45) is -0.0599. The van der Waals surface area contributed by atoms with Crippen LogP contribution in [0.5, 0.6) is 17.2 Å². The molecule has 0 aliphatic heterocycles. The third-order valence-electron chi connectivity index (χ3n) is 5.11. The zero-order valence-electron chi connectivity index (χ0n) is 17.9. The van der Waals surface area contributed by atoms with E-state index in [1.807, 2.05) is 0 Å². The van der Waals surface area contributed by atoms with E-state index in [1.165, 1.54) is 12.1 Å². The number of fused-ring (bicyclic) bond motifs is 1. The first-order valence-corrected chi connectivity index (χ1v) is 11.4. The zero-order valence-corrected chi connectivity index (χ0v) is 18.8. The smallest absolute Gasteiger partial charge is 0.496 e. The first kappa shape index (κ1) is 25.5. The predicted molar refractivity (Wildman–Crippen MR) is 111 cm³/mol. The molecule has 15 heteroatoms. The number of hydrogen-bond donors (Lipinski definition) is 1. The van der Waals surface area contributed by atoms with Gasteiger partial charge in [-0.25, -0.2) is 4.39 Å². The molecule has 1 aliphatic carbocycles. The van der Waals surface area contributed by atoms with E-state index >= 15 is 0 Å². The molecule has 0 saturated heterocycles. The van der Waals surface area contributed by atoms with Crippen LogP contribution in [-0.4, -0.2) is 45.8 Å². The number of nitrogens with one attached hydrogen (secondary N) is 1. The summed E-state index contributed by atoms with van der Waals surface area (Å²) in [5.74, 6) is -2.36. The summed E-state index contributed by atoms with van der Waals surface area (Å²) in [4.78, 5) is 12.6. The van der Waals surface area contributed by atoms with Gasteiger partial charge in [0.05, 0.1) is 19.4 Å². The van der Waals surface area contributed by atoms with Crippen LogP contribution in [0.3, 0.4) is 0 Å². The van der Waals surface area contributed by atoms with Crippen molar-refractivity contribution >= 4 is 27.0 Å². The zero-order chi connectivity index (χ0) is 26.4. The Labute approximate surface area is 198 Å². The fraction of sp³-hybridized carbons (Fsp3) is 0.286. The average molecular weight is 539 g/mol. The van der Waals surface area contributed by atoms with E-state index in [-0.39, 0.29) is 34.3 Å². The molecular formula is C21H15F6NO7S. The first-order valence-electron chi connectivity index (χ1n) is 9.95. The van der Waals surface area contributed by atoms with Gasteiger partial charge in [0.2, 0.25) is 0 Å². The third-order valence-corrected chi connectivity index (χ3v) is 6.08. The molecule has 3 aromatic rings. The second-order valence-electron chi connectivity index (χ2n) is 7.55. The van der Waals surface area contributed by atoms with E-state index in [4.69, 9.17) is 9.15 Å². The summed E-state index contributed by atoms with van der Waals surface area (Å²) in [5, 5.41) is 2.58. The molecule has 1 fully saturated rings. The van der Waals surface area contributed by atoms with Gasteiger partial charge in [0.1, 0.15) is 34.6 Å². The van der Waals surface area contributed by atoms with Gasteiger partial charge in [-0.1, -0.05) is 0 Å². The Morgan fingerprint density at radius 1 is 1.17 bits per heavy atom. The number of carbonyl (C=O) groups is 1. The number of alkyl halides is 6. The van der Waals surface area contributed by atoms with Crippen molar-refractivity contribution in [2.45, 2.75) is 30.8 Å². The number of methoxy groups -OCH3 is 1. The predicted octanol–water partition coefficient (Wildman–Crippen LogP) is 4.78. The lowest BCUT2D eigenvalue weighted by Gasteiger charge is -2.16. The SMILES string of the molecule is COc1cc(-c2coc3cc(OS(=O)(=O)C(F)(F)F)ccc23)cc(OC(F)F)c1C(=O)N[C@@H]1C[C@@H]1F. The van der Waals surface area contributed by atoms with Gasteiger partial charge >= 0.3 is 22.2 Å². The largest absolute Gasteiger partial charge is 0.534 e. The van der Waals surface area contributed by atoms with Crippen molar-refractivity contribution < 1.29 is 57.6 Å². The molecule has 194 valence electrons. The van der Waals surface area contributed by atoms with Gasteiger partial charge in [-0.2, -0.15) is 30.4 Å². The van der Waals surface area contributed by atoms with E-state index in [2.05, 4.69) is 14.2 Å². The van der Waals surface area contributed by atoms with Crippen LogP contribution in [0.4, 0.5) is 26.3 Å². The van der Waals surface area contributed by atoms with Gasteiger partial charge in [-0.3, -0.25) is 4.79 Å². The molecule has 1 aliphatic rings. The number of furan rings is 1. The van der Waals surface area contributed by atoms with Gasteiger partial charge in [-0.15, -0.1) is 0 Å². The van der Waals surface area contributed by atoms with E-state index in [0.29, 0.717) is 0 Å². The van der Waals surface area contributed by atoms with Crippen LogP contribution in [0.25, 0.3) is 22.1 Å². The van der Waals surface area contributed by atoms with E-state index in [0.717, 1.165) is 31.6 Å². The van der Waals surface area contributed by atoms with Crippen LogP contribution in [0.2, 0.25) is 0 Å². The van der Waals surface area contributed by atoms with Crippen LogP contribution in [0, 0.1) is 0 Å². The molecular weight excluding hydrogens is 524 g/mol. The van der Waals surface area contributed by atoms with Crippen LogP contribution < -0.4 is 19.0 Å². The summed E-state index contributed by atoms with van der Waals surface area (Å²) < 4.78 is 119. The van der Waals surface area contributed by atoms with Crippen molar-refractivity contribution in [3.63, 3.8) is 0 Å². The molecule has 0 unspecified atom stereocenters. The Balaban J connectivity index is 1.74. The lowest BCUT2D eigenvalue weighted by molar-refractivity contribution is -0.0507. The van der Waals surface area contributed by atoms with Crippen molar-refractivity contribution in [3.05, 3.63) is 42.2 Å². The maximum Gasteiger partial charge on any atom is 0.534 e. The van der Waals surface area contributed by atoms with Gasteiger partial charge in [0, 0.05) is 23.4 Å². The van der Waals surface area contributed by atoms with E-state index in [9.17, 15) is 39.6 Å². The molecule has 36 heavy (non-hydrogen) atoms. The van der Waals surface area contributed by atoms with Crippen molar-refractivity contribution in [2.75, 3.05) is 7.11 Å². The highest BCUT2D eigenvalue weighted by Gasteiger charge is 2.48. The van der Waals surface area contributed by atoms with Gasteiger partial charge in [-0.05, 0) is 29.8 Å². The standard InChI is InChI=1S/C21H15F6NO7S/c1-32-16-4-9(5-17(34-20(23)24)18(16)19(29)28-14-7-13(14)22)12-8-33-15-6-10(2-3-11(12)15)35-36(30,31)21(25,26)27/h2-6,8,13-14,20H,7H2,1H3,(H,28,29)/t13-,14+/m0/s1. The Morgan fingerprint density at radius 3 is 2.42 bits per heavy atom. The second-order valence-corrected chi connectivity index (χ2v) is 9.09. The van der Waals surface area contributed by atoms with Crippen LogP contribution in [-0.2, 0) is 10.1 Å². The Bertz CT molecular complexity index is 1420.